The molecule has 2 nitrogen and oxygen atoms in total. The maximum absolute atomic E-state index is 11.1. The Morgan fingerprint density at radius 3 is 2.33 bits per heavy atom. The van der Waals surface area contributed by atoms with Crippen LogP contribution in [-0.4, -0.2) is 20.7 Å². The number of Topliss-reactive ketones (excluding diaryl/α,β-unsaturated/α-hetero) is 1. The maximum atomic E-state index is 11.1. The standard InChI is InChI=1S/C9H20O2Si/c1-5-6-7-9(10)8-11-12(2,3)4/h5-8H2,1-4H3. The molecule has 0 bridgehead atoms. The molecule has 0 aliphatic rings. The fourth-order valence-electron chi connectivity index (χ4n) is 0.743. The number of unbranched alkanes of at least 4 members (excludes halogenated alkanes) is 1. The Balaban J connectivity index is 3.44. The molecule has 0 amide bonds. The summed E-state index contributed by atoms with van der Waals surface area (Å²) in [6.07, 6.45) is 2.76. The van der Waals surface area contributed by atoms with E-state index in [0.29, 0.717) is 13.0 Å². The molecule has 12 heavy (non-hydrogen) atoms. The van der Waals surface area contributed by atoms with Crippen molar-refractivity contribution in [2.24, 2.45) is 0 Å². The highest BCUT2D eigenvalue weighted by Gasteiger charge is 2.15. The Hall–Kier alpha value is -0.153. The number of hydrogen-bond donors (Lipinski definition) is 0. The second kappa shape index (κ2) is 5.49. The molecule has 0 aromatic carbocycles. The lowest BCUT2D eigenvalue weighted by molar-refractivity contribution is -0.121. The van der Waals surface area contributed by atoms with Crippen LogP contribution in [0.3, 0.4) is 0 Å². The van der Waals surface area contributed by atoms with Crippen LogP contribution in [0.1, 0.15) is 26.2 Å². The third-order valence-corrected chi connectivity index (χ3v) is 2.49. The zero-order valence-corrected chi connectivity index (χ0v) is 9.64. The Bertz CT molecular complexity index is 138. The fraction of sp³-hybridized carbons (Fsp3) is 0.889. The molecule has 0 atom stereocenters. The normalized spacial score (nSPS) is 11.7. The second-order valence-electron chi connectivity index (χ2n) is 4.04. The van der Waals surface area contributed by atoms with E-state index in [1.165, 1.54) is 0 Å². The Morgan fingerprint density at radius 1 is 1.33 bits per heavy atom. The van der Waals surface area contributed by atoms with E-state index in [-0.39, 0.29) is 5.78 Å². The summed E-state index contributed by atoms with van der Waals surface area (Å²) in [4.78, 5) is 11.1. The van der Waals surface area contributed by atoms with Crippen LogP contribution in [0.2, 0.25) is 19.6 Å². The molecule has 0 unspecified atom stereocenters. The van der Waals surface area contributed by atoms with E-state index in [1.807, 2.05) is 0 Å². The molecular weight excluding hydrogens is 168 g/mol. The third kappa shape index (κ3) is 7.95. The Morgan fingerprint density at radius 2 is 1.92 bits per heavy atom. The molecule has 0 fully saturated rings. The molecule has 3 heteroatoms. The summed E-state index contributed by atoms with van der Waals surface area (Å²) in [5, 5.41) is 0. The highest BCUT2D eigenvalue weighted by atomic mass is 28.4. The molecule has 0 aromatic rings. The molecule has 0 aromatic heterocycles. The number of rotatable bonds is 6. The van der Waals surface area contributed by atoms with Gasteiger partial charge in [-0.3, -0.25) is 4.79 Å². The monoisotopic (exact) mass is 188 g/mol. The zero-order valence-electron chi connectivity index (χ0n) is 8.64. The molecule has 0 radical (unpaired) electrons. The van der Waals surface area contributed by atoms with Gasteiger partial charge < -0.3 is 4.43 Å². The van der Waals surface area contributed by atoms with Crippen molar-refractivity contribution >= 4 is 14.1 Å². The maximum Gasteiger partial charge on any atom is 0.184 e. The predicted molar refractivity (Wildman–Crippen MR) is 53.8 cm³/mol. The lowest BCUT2D eigenvalue weighted by atomic mass is 10.2. The number of carbonyl (C=O) groups excluding carboxylic acids is 1. The molecule has 0 saturated heterocycles. The van der Waals surface area contributed by atoms with Gasteiger partial charge in [-0.2, -0.15) is 0 Å². The van der Waals surface area contributed by atoms with Crippen LogP contribution >= 0.6 is 0 Å². The average Bonchev–Trinajstić information content (AvgIpc) is 1.95. The van der Waals surface area contributed by atoms with Gasteiger partial charge in [0.05, 0.1) is 6.61 Å². The van der Waals surface area contributed by atoms with Crippen molar-refractivity contribution < 1.29 is 9.22 Å². The number of carbonyl (C=O) groups is 1. The van der Waals surface area contributed by atoms with Gasteiger partial charge in [0, 0.05) is 6.42 Å². The summed E-state index contributed by atoms with van der Waals surface area (Å²) in [6.45, 7) is 8.71. The lowest BCUT2D eigenvalue weighted by Crippen LogP contribution is -2.28. The molecule has 0 aliphatic carbocycles. The third-order valence-electron chi connectivity index (χ3n) is 1.48. The molecule has 0 rings (SSSR count). The van der Waals surface area contributed by atoms with Gasteiger partial charge in [-0.05, 0) is 26.1 Å². The first-order valence-electron chi connectivity index (χ1n) is 4.61. The minimum absolute atomic E-state index is 0.249. The van der Waals surface area contributed by atoms with Crippen LogP contribution in [-0.2, 0) is 9.22 Å². The fourth-order valence-corrected chi connectivity index (χ4v) is 1.34. The van der Waals surface area contributed by atoms with Gasteiger partial charge in [0.25, 0.3) is 0 Å². The van der Waals surface area contributed by atoms with Crippen LogP contribution in [0.5, 0.6) is 0 Å². The second-order valence-corrected chi connectivity index (χ2v) is 8.56. The van der Waals surface area contributed by atoms with E-state index in [0.717, 1.165) is 12.8 Å². The molecule has 0 aliphatic heterocycles. The molecule has 0 N–H and O–H groups in total. The first kappa shape index (κ1) is 11.8. The first-order chi connectivity index (χ1) is 5.45. The zero-order chi connectivity index (χ0) is 9.61. The minimum Gasteiger partial charge on any atom is -0.410 e. The Kier molecular flexibility index (Phi) is 5.42. The quantitative estimate of drug-likeness (QED) is 0.599. The van der Waals surface area contributed by atoms with Crippen LogP contribution in [0.15, 0.2) is 0 Å². The van der Waals surface area contributed by atoms with Gasteiger partial charge in [0.1, 0.15) is 0 Å². The predicted octanol–water partition coefficient (Wildman–Crippen LogP) is 2.60. The van der Waals surface area contributed by atoms with Gasteiger partial charge in [-0.25, -0.2) is 0 Å². The summed E-state index contributed by atoms with van der Waals surface area (Å²) >= 11 is 0. The first-order valence-corrected chi connectivity index (χ1v) is 8.02. The van der Waals surface area contributed by atoms with Crippen molar-refractivity contribution in [3.63, 3.8) is 0 Å². The van der Waals surface area contributed by atoms with E-state index in [4.69, 9.17) is 4.43 Å². The SMILES string of the molecule is CCCCC(=O)CO[Si](C)(C)C. The molecular formula is C9H20O2Si. The van der Waals surface area contributed by atoms with Crippen LogP contribution in [0.25, 0.3) is 0 Å². The highest BCUT2D eigenvalue weighted by molar-refractivity contribution is 6.69. The van der Waals surface area contributed by atoms with Crippen molar-refractivity contribution in [3.05, 3.63) is 0 Å². The summed E-state index contributed by atoms with van der Waals surface area (Å²) in [7, 11) is -1.48. The van der Waals surface area contributed by atoms with Crippen LogP contribution in [0.4, 0.5) is 0 Å². The summed E-state index contributed by atoms with van der Waals surface area (Å²) in [5.74, 6) is 0.249. The van der Waals surface area contributed by atoms with Crippen molar-refractivity contribution in [2.75, 3.05) is 6.61 Å². The van der Waals surface area contributed by atoms with E-state index in [1.54, 1.807) is 0 Å². The number of hydrogen-bond acceptors (Lipinski definition) is 2. The van der Waals surface area contributed by atoms with Gasteiger partial charge >= 0.3 is 0 Å². The lowest BCUT2D eigenvalue weighted by Gasteiger charge is -2.15. The molecule has 72 valence electrons. The van der Waals surface area contributed by atoms with E-state index in [9.17, 15) is 4.79 Å². The minimum atomic E-state index is -1.48. The smallest absolute Gasteiger partial charge is 0.184 e. The molecule has 0 spiro atoms. The summed E-state index contributed by atoms with van der Waals surface area (Å²) in [5.41, 5.74) is 0. The van der Waals surface area contributed by atoms with E-state index in [2.05, 4.69) is 26.6 Å². The summed E-state index contributed by atoms with van der Waals surface area (Å²) < 4.78 is 5.48. The van der Waals surface area contributed by atoms with Gasteiger partial charge in [-0.1, -0.05) is 13.3 Å². The van der Waals surface area contributed by atoms with Crippen molar-refractivity contribution in [3.8, 4) is 0 Å². The van der Waals surface area contributed by atoms with E-state index < -0.39 is 8.32 Å². The van der Waals surface area contributed by atoms with Gasteiger partial charge in [-0.15, -0.1) is 0 Å². The van der Waals surface area contributed by atoms with Gasteiger partial charge in [0.2, 0.25) is 0 Å². The van der Waals surface area contributed by atoms with Crippen LogP contribution < -0.4 is 0 Å². The van der Waals surface area contributed by atoms with Crippen LogP contribution in [0, 0.1) is 0 Å². The van der Waals surface area contributed by atoms with Crippen molar-refractivity contribution in [1.29, 1.82) is 0 Å². The number of ketones is 1. The van der Waals surface area contributed by atoms with Gasteiger partial charge in [0.15, 0.2) is 14.1 Å². The van der Waals surface area contributed by atoms with Crippen molar-refractivity contribution in [1.82, 2.24) is 0 Å². The van der Waals surface area contributed by atoms with E-state index >= 15 is 0 Å². The average molecular weight is 188 g/mol. The summed E-state index contributed by atoms with van der Waals surface area (Å²) in [6, 6.07) is 0. The topological polar surface area (TPSA) is 26.3 Å². The molecule has 0 heterocycles. The van der Waals surface area contributed by atoms with Crippen molar-refractivity contribution in [2.45, 2.75) is 45.8 Å². The largest absolute Gasteiger partial charge is 0.410 e. The highest BCUT2D eigenvalue weighted by Crippen LogP contribution is 2.03. The Labute approximate surface area is 76.4 Å². The molecule has 0 saturated carbocycles.